The molecule has 3 aromatic carbocycles. The van der Waals surface area contributed by atoms with Gasteiger partial charge in [0.05, 0.1) is 25.2 Å². The molecule has 220 valence electrons. The first-order valence-electron chi connectivity index (χ1n) is 14.0. The summed E-state index contributed by atoms with van der Waals surface area (Å²) in [7, 11) is 0. The van der Waals surface area contributed by atoms with Gasteiger partial charge in [-0.15, -0.1) is 0 Å². The second kappa shape index (κ2) is 11.6. The van der Waals surface area contributed by atoms with Gasteiger partial charge in [0, 0.05) is 28.7 Å². The molecule has 0 radical (unpaired) electrons. The van der Waals surface area contributed by atoms with Crippen LogP contribution in [0.15, 0.2) is 57.8 Å². The van der Waals surface area contributed by atoms with Gasteiger partial charge in [0.15, 0.2) is 0 Å². The van der Waals surface area contributed by atoms with Gasteiger partial charge in [-0.25, -0.2) is 9.92 Å². The van der Waals surface area contributed by atoms with Gasteiger partial charge in [-0.2, -0.15) is 15.3 Å². The lowest BCUT2D eigenvalue weighted by molar-refractivity contribution is -0.137. The molecule has 1 aliphatic carbocycles. The minimum absolute atomic E-state index is 0.00152. The van der Waals surface area contributed by atoms with Gasteiger partial charge in [0.2, 0.25) is 6.17 Å². The predicted molar refractivity (Wildman–Crippen MR) is 154 cm³/mol. The second-order valence-electron chi connectivity index (χ2n) is 11.7. The van der Waals surface area contributed by atoms with Crippen LogP contribution in [0.3, 0.4) is 0 Å². The third kappa shape index (κ3) is 5.76. The molecule has 0 aromatic heterocycles. The number of aryl methyl sites for hydroxylation is 2. The summed E-state index contributed by atoms with van der Waals surface area (Å²) < 4.78 is 27.3. The Labute approximate surface area is 243 Å². The lowest BCUT2D eigenvalue weighted by atomic mass is 9.88. The van der Waals surface area contributed by atoms with Crippen LogP contribution in [0.4, 0.5) is 4.39 Å². The topological polar surface area (TPSA) is 137 Å². The van der Waals surface area contributed by atoms with Gasteiger partial charge in [-0.3, -0.25) is 4.79 Å². The molecule has 0 fully saturated rings. The number of fused-ring (bicyclic) bond motifs is 2. The van der Waals surface area contributed by atoms with E-state index in [-0.39, 0.29) is 24.8 Å². The molecular weight excluding hydrogens is 539 g/mol. The van der Waals surface area contributed by atoms with E-state index in [0.29, 0.717) is 42.1 Å². The first kappa shape index (κ1) is 29.3. The number of aliphatic hydroxyl groups excluding tert-OH is 1. The average molecular weight is 575 g/mol. The number of nitrogens with zero attached hydrogens (tertiary/aromatic N) is 3. The van der Waals surface area contributed by atoms with Crippen LogP contribution in [0.5, 0.6) is 11.5 Å². The third-order valence-electron chi connectivity index (χ3n) is 7.92. The van der Waals surface area contributed by atoms with Gasteiger partial charge in [0.25, 0.3) is 0 Å². The van der Waals surface area contributed by atoms with E-state index < -0.39 is 23.8 Å². The number of rotatable bonds is 10. The largest absolute Gasteiger partial charge is 0.492 e. The van der Waals surface area contributed by atoms with Crippen molar-refractivity contribution in [3.63, 3.8) is 0 Å². The van der Waals surface area contributed by atoms with Gasteiger partial charge in [-0.1, -0.05) is 24.3 Å². The fourth-order valence-electron chi connectivity index (χ4n) is 5.88. The standard InChI is InChI=1S/C32H35FN4O5/c1-17-11-19(31(35-34)36-37-32(3,4)16-38)12-18(2)29(17)23-7-9-25(33)30-24(23)8-10-26(30)42-21-5-6-22-20(13-28(39)40)15-41-27(22)14-21/h5-7,9,11-12,14,20,26,31,34,38H,8,10,13,15-16H2,1-4H3,(H,39,40). The van der Waals surface area contributed by atoms with Crippen LogP contribution in [0.2, 0.25) is 0 Å². The van der Waals surface area contributed by atoms with Gasteiger partial charge < -0.3 is 19.7 Å². The monoisotopic (exact) mass is 574 g/mol. The van der Waals surface area contributed by atoms with E-state index in [0.717, 1.165) is 33.4 Å². The third-order valence-corrected chi connectivity index (χ3v) is 7.92. The molecule has 1 aliphatic heterocycles. The number of carboxylic acid groups (broad SMARTS) is 1. The molecule has 0 saturated heterocycles. The van der Waals surface area contributed by atoms with E-state index in [1.807, 2.05) is 38.1 Å². The Bertz CT molecular complexity index is 1550. The average Bonchev–Trinajstić information content (AvgIpc) is 3.54. The van der Waals surface area contributed by atoms with Crippen molar-refractivity contribution in [3.8, 4) is 22.6 Å². The highest BCUT2D eigenvalue weighted by molar-refractivity contribution is 5.76. The SMILES string of the molecule is Cc1cc(C(N=N)N=NC(C)(C)CO)cc(C)c1-c1ccc(F)c2c1CCC2Oc1ccc2c(c1)OCC2CC(=O)O. The lowest BCUT2D eigenvalue weighted by Crippen LogP contribution is -2.21. The zero-order chi connectivity index (χ0) is 30.2. The van der Waals surface area contributed by atoms with Crippen molar-refractivity contribution in [1.29, 1.82) is 5.53 Å². The fraction of sp³-hybridized carbons (Fsp3) is 0.406. The van der Waals surface area contributed by atoms with Crippen molar-refractivity contribution in [2.45, 2.75) is 70.7 Å². The van der Waals surface area contributed by atoms with Gasteiger partial charge in [0.1, 0.15) is 23.4 Å². The van der Waals surface area contributed by atoms with Crippen molar-refractivity contribution >= 4 is 5.97 Å². The molecule has 3 unspecified atom stereocenters. The Morgan fingerprint density at radius 2 is 1.93 bits per heavy atom. The first-order valence-corrected chi connectivity index (χ1v) is 14.0. The summed E-state index contributed by atoms with van der Waals surface area (Å²) in [5.41, 5.74) is 13.7. The number of benzene rings is 3. The molecule has 0 saturated carbocycles. The minimum atomic E-state index is -0.871. The highest BCUT2D eigenvalue weighted by atomic mass is 19.1. The van der Waals surface area contributed by atoms with E-state index >= 15 is 4.39 Å². The maximum atomic E-state index is 15.3. The van der Waals surface area contributed by atoms with Crippen LogP contribution in [-0.4, -0.2) is 34.9 Å². The highest BCUT2D eigenvalue weighted by Gasteiger charge is 2.32. The molecule has 0 spiro atoms. The van der Waals surface area contributed by atoms with Crippen molar-refractivity contribution in [2.24, 2.45) is 15.3 Å². The predicted octanol–water partition coefficient (Wildman–Crippen LogP) is 7.38. The number of hydrogen-bond acceptors (Lipinski definition) is 8. The van der Waals surface area contributed by atoms with Crippen molar-refractivity contribution < 1.29 is 28.9 Å². The fourth-order valence-corrected chi connectivity index (χ4v) is 5.88. The second-order valence-corrected chi connectivity index (χ2v) is 11.7. The number of nitrogens with one attached hydrogen (secondary N) is 1. The number of ether oxygens (including phenoxy) is 2. The number of aliphatic hydroxyl groups is 1. The summed E-state index contributed by atoms with van der Waals surface area (Å²) in [4.78, 5) is 11.2. The van der Waals surface area contributed by atoms with E-state index in [1.54, 1.807) is 26.0 Å². The molecule has 10 heteroatoms. The van der Waals surface area contributed by atoms with Crippen LogP contribution in [0.1, 0.15) is 78.3 Å². The van der Waals surface area contributed by atoms with Crippen LogP contribution in [0, 0.1) is 25.2 Å². The Hall–Kier alpha value is -4.18. The van der Waals surface area contributed by atoms with E-state index in [1.165, 1.54) is 6.07 Å². The molecule has 1 heterocycles. The summed E-state index contributed by atoms with van der Waals surface area (Å²) in [5, 5.41) is 30.7. The molecule has 3 N–H and O–H groups in total. The molecule has 42 heavy (non-hydrogen) atoms. The van der Waals surface area contributed by atoms with Gasteiger partial charge >= 0.3 is 5.97 Å². The molecule has 2 aliphatic rings. The maximum Gasteiger partial charge on any atom is 0.304 e. The summed E-state index contributed by atoms with van der Waals surface area (Å²) in [6.45, 7) is 7.59. The van der Waals surface area contributed by atoms with Crippen LogP contribution in [0.25, 0.3) is 11.1 Å². The first-order chi connectivity index (χ1) is 20.0. The smallest absolute Gasteiger partial charge is 0.304 e. The number of carboxylic acids is 1. The Balaban J connectivity index is 1.43. The Morgan fingerprint density at radius 3 is 2.60 bits per heavy atom. The number of carbonyl (C=O) groups is 1. The molecule has 3 atom stereocenters. The number of aliphatic carboxylic acids is 1. The summed E-state index contributed by atoms with van der Waals surface area (Å²) in [6.07, 6.45) is -0.0441. The number of halogens is 1. The molecular formula is C32H35FN4O5. The van der Waals surface area contributed by atoms with E-state index in [4.69, 9.17) is 20.1 Å². The van der Waals surface area contributed by atoms with Crippen LogP contribution in [-0.2, 0) is 11.2 Å². The van der Waals surface area contributed by atoms with Gasteiger partial charge in [-0.05, 0) is 80.5 Å². The van der Waals surface area contributed by atoms with Crippen molar-refractivity contribution in [1.82, 2.24) is 0 Å². The summed E-state index contributed by atoms with van der Waals surface area (Å²) in [5.74, 6) is -0.230. The molecule has 3 aromatic rings. The normalized spacial score (nSPS) is 18.4. The molecule has 0 amide bonds. The van der Waals surface area contributed by atoms with Crippen molar-refractivity contribution in [3.05, 3.63) is 81.7 Å². The highest BCUT2D eigenvalue weighted by Crippen LogP contribution is 2.45. The van der Waals surface area contributed by atoms with Crippen molar-refractivity contribution in [2.75, 3.05) is 13.2 Å². The Morgan fingerprint density at radius 1 is 1.19 bits per heavy atom. The van der Waals surface area contributed by atoms with Crippen LogP contribution >= 0.6 is 0 Å². The zero-order valence-electron chi connectivity index (χ0n) is 24.1. The summed E-state index contributed by atoms with van der Waals surface area (Å²) in [6, 6.07) is 12.5. The maximum absolute atomic E-state index is 15.3. The number of hydrogen-bond donors (Lipinski definition) is 3. The summed E-state index contributed by atoms with van der Waals surface area (Å²) >= 11 is 0. The number of azo groups is 1. The van der Waals surface area contributed by atoms with Crippen LogP contribution < -0.4 is 9.47 Å². The molecule has 9 nitrogen and oxygen atoms in total. The molecule has 0 bridgehead atoms. The molecule has 5 rings (SSSR count). The minimum Gasteiger partial charge on any atom is -0.492 e. The van der Waals surface area contributed by atoms with E-state index in [2.05, 4.69) is 15.3 Å². The zero-order valence-corrected chi connectivity index (χ0v) is 24.1. The van der Waals surface area contributed by atoms with E-state index in [9.17, 15) is 9.90 Å². The Kier molecular flexibility index (Phi) is 8.10. The lowest BCUT2D eigenvalue weighted by Gasteiger charge is -2.20. The quantitative estimate of drug-likeness (QED) is 0.217.